The zero-order chi connectivity index (χ0) is 43.4. The maximum absolute atomic E-state index is 14.9. The highest BCUT2D eigenvalue weighted by molar-refractivity contribution is 7.14. The van der Waals surface area contributed by atoms with Gasteiger partial charge in [-0.1, -0.05) is 31.8 Å². The molecule has 3 aliphatic carbocycles. The van der Waals surface area contributed by atoms with Crippen molar-refractivity contribution in [1.29, 1.82) is 0 Å². The first-order valence-corrected chi connectivity index (χ1v) is 22.3. The van der Waals surface area contributed by atoms with Crippen LogP contribution >= 0.6 is 11.3 Å². The van der Waals surface area contributed by atoms with Crippen molar-refractivity contribution in [2.24, 2.45) is 11.8 Å². The molecule has 0 unspecified atom stereocenters. The largest absolute Gasteiger partial charge is 0.488 e. The number of alkyl carbamates (subject to hydrolysis) is 1. The van der Waals surface area contributed by atoms with Gasteiger partial charge in [-0.2, -0.15) is 0 Å². The molecule has 4 aliphatic rings. The Morgan fingerprint density at radius 3 is 2.34 bits per heavy atom. The number of carboxylic acid groups (broad SMARTS) is 1. The number of pyridine rings is 1. The number of benzene rings is 1. The summed E-state index contributed by atoms with van der Waals surface area (Å²) >= 11 is 1.21. The first-order valence-electron chi connectivity index (χ1n) is 21.4. The first-order chi connectivity index (χ1) is 29.2. The van der Waals surface area contributed by atoms with Crippen molar-refractivity contribution in [2.45, 2.75) is 127 Å². The third-order valence-electron chi connectivity index (χ3n) is 12.2. The molecule has 0 spiro atoms. The van der Waals surface area contributed by atoms with E-state index in [1.807, 2.05) is 37.2 Å². The summed E-state index contributed by atoms with van der Waals surface area (Å²) in [5.41, 5.74) is 0.916. The highest BCUT2D eigenvalue weighted by Crippen LogP contribution is 2.45. The smallest absolute Gasteiger partial charge is 0.413 e. The lowest BCUT2D eigenvalue weighted by Gasteiger charge is -2.35. The molecule has 3 aromatic rings. The van der Waals surface area contributed by atoms with Crippen LogP contribution in [0.4, 0.5) is 20.4 Å². The molecule has 5 atom stereocenters. The number of fused-ring (bicyclic) bond motifs is 1. The van der Waals surface area contributed by atoms with Crippen molar-refractivity contribution >= 4 is 63.0 Å². The lowest BCUT2D eigenvalue weighted by molar-refractivity contribution is -0.146. The highest BCUT2D eigenvalue weighted by Gasteiger charge is 2.61. The maximum atomic E-state index is 14.9. The van der Waals surface area contributed by atoms with Gasteiger partial charge >= 0.3 is 18.2 Å². The van der Waals surface area contributed by atoms with Crippen LogP contribution in [0.3, 0.4) is 0 Å². The van der Waals surface area contributed by atoms with Gasteiger partial charge in [-0.15, -0.1) is 17.9 Å². The summed E-state index contributed by atoms with van der Waals surface area (Å²) in [5, 5.41) is 21.3. The summed E-state index contributed by atoms with van der Waals surface area (Å²) in [7, 11) is 3.84. The molecule has 4 amide bonds. The van der Waals surface area contributed by atoms with E-state index in [0.29, 0.717) is 33.2 Å². The number of likely N-dealkylation sites (tertiary alicyclic amines) is 1. The van der Waals surface area contributed by atoms with Crippen LogP contribution in [0.1, 0.15) is 90.9 Å². The van der Waals surface area contributed by atoms with Crippen molar-refractivity contribution < 1.29 is 43.3 Å². The van der Waals surface area contributed by atoms with Crippen molar-refractivity contribution in [3.05, 3.63) is 42.3 Å². The van der Waals surface area contributed by atoms with Crippen LogP contribution in [-0.4, -0.2) is 107 Å². The number of carboxylic acids is 1. The third kappa shape index (κ3) is 10.0. The molecule has 328 valence electrons. The monoisotopic (exact) mass is 859 g/mol. The van der Waals surface area contributed by atoms with E-state index in [1.165, 1.54) is 22.3 Å². The van der Waals surface area contributed by atoms with Gasteiger partial charge in [-0.05, 0) is 82.9 Å². The number of hydrogen-bond acceptors (Lipinski definition) is 12. The highest BCUT2D eigenvalue weighted by atomic mass is 32.1. The van der Waals surface area contributed by atoms with Crippen LogP contribution in [0.2, 0.25) is 0 Å². The predicted molar refractivity (Wildman–Crippen MR) is 231 cm³/mol. The summed E-state index contributed by atoms with van der Waals surface area (Å²) in [6.45, 7) is 7.25. The summed E-state index contributed by atoms with van der Waals surface area (Å²) in [5.74, 6) is -2.44. The second-order valence-electron chi connectivity index (χ2n) is 17.2. The van der Waals surface area contributed by atoms with E-state index >= 15 is 0 Å². The molecule has 0 radical (unpaired) electrons. The van der Waals surface area contributed by atoms with Gasteiger partial charge in [0.05, 0.1) is 23.9 Å². The molecule has 3 heterocycles. The van der Waals surface area contributed by atoms with Crippen molar-refractivity contribution in [3.8, 4) is 17.1 Å². The van der Waals surface area contributed by atoms with E-state index in [2.05, 4.69) is 27.5 Å². The summed E-state index contributed by atoms with van der Waals surface area (Å²) in [4.78, 5) is 80.5. The van der Waals surface area contributed by atoms with Crippen molar-refractivity contribution in [3.63, 3.8) is 0 Å². The Balaban J connectivity index is 1.20. The Morgan fingerprint density at radius 2 is 1.69 bits per heavy atom. The predicted octanol–water partition coefficient (Wildman–Crippen LogP) is 6.88. The Hall–Kier alpha value is -5.45. The molecule has 7 rings (SSSR count). The van der Waals surface area contributed by atoms with Crippen LogP contribution < -0.4 is 25.6 Å². The van der Waals surface area contributed by atoms with E-state index in [0.717, 1.165) is 69.9 Å². The van der Waals surface area contributed by atoms with Gasteiger partial charge in [0.2, 0.25) is 11.8 Å². The number of thiazole rings is 1. The van der Waals surface area contributed by atoms with Crippen molar-refractivity contribution in [2.75, 3.05) is 30.9 Å². The molecule has 1 saturated heterocycles. The second-order valence-corrected chi connectivity index (χ2v) is 18.1. The second kappa shape index (κ2) is 18.7. The van der Waals surface area contributed by atoms with E-state index in [1.54, 1.807) is 25.3 Å². The standard InChI is InChI=1S/C44H57N7O9S/c1-6-27-22-44(27,40(54)55)49-38(52)35-20-30(23-51(35)39(53)37(26-13-9-7-10-14-26)47-42(56)60-29-15-11-8-12-16-29)59-36-21-33(45-32-19-28(50(4)5)17-18-31(32)36)34-24-61-41(46-34)48-43(57)58-25(2)3/h6,17-19,21,24-27,29-30,35,37H,1,7-16,20,22-23H2,2-5H3,(H,47,56)(H,49,52)(H,54,55)(H,46,48,57)/t27-,30-,35+,37+,44-/m1/s1. The molecule has 4 fully saturated rings. The van der Waals surface area contributed by atoms with Crippen LogP contribution in [0, 0.1) is 11.8 Å². The van der Waals surface area contributed by atoms with Gasteiger partial charge in [0, 0.05) is 49.0 Å². The average Bonchev–Trinajstić information content (AvgIpc) is 3.50. The minimum absolute atomic E-state index is 0.0118. The average molecular weight is 860 g/mol. The zero-order valence-corrected chi connectivity index (χ0v) is 36.1. The molecule has 17 heteroatoms. The lowest BCUT2D eigenvalue weighted by atomic mass is 9.83. The van der Waals surface area contributed by atoms with Gasteiger partial charge in [0.15, 0.2) is 5.13 Å². The Morgan fingerprint density at radius 1 is 0.967 bits per heavy atom. The van der Waals surface area contributed by atoms with E-state index in [-0.39, 0.29) is 37.5 Å². The van der Waals surface area contributed by atoms with Crippen molar-refractivity contribution in [1.82, 2.24) is 25.5 Å². The number of aliphatic carboxylic acids is 1. The van der Waals surface area contributed by atoms with Gasteiger partial charge in [0.25, 0.3) is 0 Å². The van der Waals surface area contributed by atoms with Gasteiger partial charge < -0.3 is 39.8 Å². The molecule has 2 aromatic heterocycles. The summed E-state index contributed by atoms with van der Waals surface area (Å²) < 4.78 is 17.8. The van der Waals surface area contributed by atoms with E-state index in [9.17, 15) is 29.1 Å². The number of amides is 4. The first kappa shape index (κ1) is 43.6. The Bertz CT molecular complexity index is 2130. The Labute approximate surface area is 359 Å². The summed E-state index contributed by atoms with van der Waals surface area (Å²) in [6.07, 6.45) is 8.09. The van der Waals surface area contributed by atoms with E-state index < -0.39 is 59.6 Å². The third-order valence-corrected chi connectivity index (χ3v) is 13.0. The number of hydrogen-bond donors (Lipinski definition) is 4. The molecule has 1 aromatic carbocycles. The molecule has 1 aliphatic heterocycles. The number of nitrogens with one attached hydrogen (secondary N) is 3. The van der Waals surface area contributed by atoms with Crippen LogP contribution in [0.25, 0.3) is 22.3 Å². The van der Waals surface area contributed by atoms with Crippen LogP contribution in [0.15, 0.2) is 42.3 Å². The van der Waals surface area contributed by atoms with Gasteiger partial charge in [0.1, 0.15) is 41.3 Å². The minimum atomic E-state index is -1.52. The quantitative estimate of drug-likeness (QED) is 0.123. The fourth-order valence-electron chi connectivity index (χ4n) is 8.87. The van der Waals surface area contributed by atoms with Crippen LogP contribution in [0.5, 0.6) is 5.75 Å². The molecule has 3 saturated carbocycles. The number of ether oxygens (including phenoxy) is 3. The fourth-order valence-corrected chi connectivity index (χ4v) is 9.56. The molecular formula is C44H57N7O9S. The normalized spacial score (nSPS) is 23.5. The number of nitrogens with zero attached hydrogens (tertiary/aromatic N) is 4. The topological polar surface area (TPSA) is 202 Å². The SMILES string of the molecule is C=C[C@@H]1C[C@]1(NC(=O)[C@@H]1C[C@@H](Oc2cc(-c3csc(NC(=O)OC(C)C)n3)nc3cc(N(C)C)ccc23)CN1C(=O)[C@@H](NC(=O)OC1CCCCC1)C1CCCCC1)C(=O)O. The Kier molecular flexibility index (Phi) is 13.4. The molecule has 0 bridgehead atoms. The fraction of sp³-hybridized carbons (Fsp3) is 0.568. The number of rotatable bonds is 14. The number of carbonyl (C=O) groups excluding carboxylic acids is 4. The molecule has 61 heavy (non-hydrogen) atoms. The number of anilines is 2. The number of aromatic nitrogens is 2. The van der Waals surface area contributed by atoms with Crippen LogP contribution in [-0.2, 0) is 23.9 Å². The van der Waals surface area contributed by atoms with E-state index in [4.69, 9.17) is 19.2 Å². The summed E-state index contributed by atoms with van der Waals surface area (Å²) in [6, 6.07) is 5.44. The molecule has 4 N–H and O–H groups in total. The molecule has 16 nitrogen and oxygen atoms in total. The number of carbonyl (C=O) groups is 5. The van der Waals surface area contributed by atoms with Gasteiger partial charge in [-0.3, -0.25) is 14.9 Å². The van der Waals surface area contributed by atoms with Gasteiger partial charge in [-0.25, -0.2) is 24.4 Å². The minimum Gasteiger partial charge on any atom is -0.488 e. The molecular weight excluding hydrogens is 803 g/mol. The lowest BCUT2D eigenvalue weighted by Crippen LogP contribution is -2.58. The zero-order valence-electron chi connectivity index (χ0n) is 35.3. The maximum Gasteiger partial charge on any atom is 0.413 e.